The third-order valence-corrected chi connectivity index (χ3v) is 4.93. The number of amides is 2. The van der Waals surface area contributed by atoms with Crippen molar-refractivity contribution < 1.29 is 23.9 Å². The zero-order chi connectivity index (χ0) is 25.0. The van der Waals surface area contributed by atoms with Crippen molar-refractivity contribution in [2.24, 2.45) is 5.10 Å². The average molecular weight is 474 g/mol. The van der Waals surface area contributed by atoms with Crippen LogP contribution in [0.15, 0.2) is 77.9 Å². The molecule has 180 valence electrons. The quantitative estimate of drug-likeness (QED) is 0.119. The smallest absolute Gasteiger partial charge is 0.343 e. The minimum atomic E-state index is -0.892. The van der Waals surface area contributed by atoms with E-state index in [2.05, 4.69) is 22.8 Å². The average Bonchev–Trinajstić information content (AvgIpc) is 2.87. The number of para-hydroxylation sites is 1. The standard InChI is InChI=1S/C27H27N3O5/c1-3-4-17-34-22-15-11-21(12-16-22)27(33)35-23-13-9-20(10-14-23)18-28-30-26(32)25(31)29-24-8-6-5-7-19(24)2/h5-16,18H,3-4,17H2,1-2H3,(H,29,31)(H,30,32)/b28-18+. The molecule has 0 aromatic heterocycles. The fourth-order valence-electron chi connectivity index (χ4n) is 2.92. The number of benzene rings is 3. The molecule has 8 nitrogen and oxygen atoms in total. The van der Waals surface area contributed by atoms with E-state index in [1.807, 2.05) is 19.1 Å². The predicted molar refractivity (Wildman–Crippen MR) is 134 cm³/mol. The zero-order valence-corrected chi connectivity index (χ0v) is 19.6. The number of nitrogens with zero attached hydrogens (tertiary/aromatic N) is 1. The molecule has 0 atom stereocenters. The van der Waals surface area contributed by atoms with Crippen molar-refractivity contribution in [2.45, 2.75) is 26.7 Å². The summed E-state index contributed by atoms with van der Waals surface area (Å²) in [6.07, 6.45) is 3.40. The zero-order valence-electron chi connectivity index (χ0n) is 19.6. The van der Waals surface area contributed by atoms with Crippen LogP contribution in [0.4, 0.5) is 5.69 Å². The van der Waals surface area contributed by atoms with E-state index in [1.165, 1.54) is 6.21 Å². The Kier molecular flexibility index (Phi) is 9.13. The molecule has 0 saturated carbocycles. The van der Waals surface area contributed by atoms with Gasteiger partial charge in [0.05, 0.1) is 18.4 Å². The fourth-order valence-corrected chi connectivity index (χ4v) is 2.92. The lowest BCUT2D eigenvalue weighted by atomic mass is 10.2. The van der Waals surface area contributed by atoms with Crippen molar-refractivity contribution >= 4 is 29.7 Å². The largest absolute Gasteiger partial charge is 0.494 e. The second-order valence-electron chi connectivity index (χ2n) is 7.65. The van der Waals surface area contributed by atoms with Crippen molar-refractivity contribution in [2.75, 3.05) is 11.9 Å². The van der Waals surface area contributed by atoms with Crippen molar-refractivity contribution in [3.63, 3.8) is 0 Å². The Morgan fingerprint density at radius 3 is 2.26 bits per heavy atom. The molecule has 3 aromatic carbocycles. The normalized spacial score (nSPS) is 10.6. The molecule has 35 heavy (non-hydrogen) atoms. The number of carbonyl (C=O) groups is 3. The Bertz CT molecular complexity index is 1190. The lowest BCUT2D eigenvalue weighted by Crippen LogP contribution is -2.32. The monoisotopic (exact) mass is 473 g/mol. The number of carbonyl (C=O) groups excluding carboxylic acids is 3. The maximum Gasteiger partial charge on any atom is 0.343 e. The summed E-state index contributed by atoms with van der Waals surface area (Å²) < 4.78 is 11.0. The molecule has 3 rings (SSSR count). The van der Waals surface area contributed by atoms with Gasteiger partial charge in [-0.05, 0) is 79.1 Å². The highest BCUT2D eigenvalue weighted by atomic mass is 16.5. The van der Waals surface area contributed by atoms with Crippen LogP contribution in [0.1, 0.15) is 41.3 Å². The Labute approximate surface area is 204 Å². The van der Waals surface area contributed by atoms with Gasteiger partial charge in [0, 0.05) is 5.69 Å². The summed E-state index contributed by atoms with van der Waals surface area (Å²) in [5, 5.41) is 6.33. The summed E-state index contributed by atoms with van der Waals surface area (Å²) >= 11 is 0. The van der Waals surface area contributed by atoms with E-state index in [9.17, 15) is 14.4 Å². The first-order valence-electron chi connectivity index (χ1n) is 11.2. The lowest BCUT2D eigenvalue weighted by molar-refractivity contribution is -0.136. The van der Waals surface area contributed by atoms with Crippen molar-refractivity contribution in [3.8, 4) is 11.5 Å². The van der Waals surface area contributed by atoms with Gasteiger partial charge in [-0.2, -0.15) is 5.10 Å². The van der Waals surface area contributed by atoms with Crippen LogP contribution in [-0.4, -0.2) is 30.6 Å². The summed E-state index contributed by atoms with van der Waals surface area (Å²) in [4.78, 5) is 36.3. The Balaban J connectivity index is 1.47. The molecule has 0 heterocycles. The summed E-state index contributed by atoms with van der Waals surface area (Å²) in [7, 11) is 0. The fraction of sp³-hybridized carbons (Fsp3) is 0.185. The first-order chi connectivity index (χ1) is 17.0. The number of nitrogens with one attached hydrogen (secondary N) is 2. The van der Waals surface area contributed by atoms with Crippen molar-refractivity contribution in [1.29, 1.82) is 0 Å². The van der Waals surface area contributed by atoms with Crippen LogP contribution in [0.3, 0.4) is 0 Å². The third kappa shape index (κ3) is 7.82. The van der Waals surface area contributed by atoms with Gasteiger partial charge in [-0.1, -0.05) is 31.5 Å². The van der Waals surface area contributed by atoms with Gasteiger partial charge in [0.2, 0.25) is 0 Å². The number of anilines is 1. The van der Waals surface area contributed by atoms with Gasteiger partial charge in [0.1, 0.15) is 11.5 Å². The van der Waals surface area contributed by atoms with Gasteiger partial charge in [0.15, 0.2) is 0 Å². The molecule has 0 aliphatic rings. The van der Waals surface area contributed by atoms with Crippen LogP contribution < -0.4 is 20.2 Å². The van der Waals surface area contributed by atoms with Crippen LogP contribution in [0.5, 0.6) is 11.5 Å². The lowest BCUT2D eigenvalue weighted by Gasteiger charge is -2.07. The van der Waals surface area contributed by atoms with Crippen molar-refractivity contribution in [1.82, 2.24) is 5.43 Å². The number of hydrogen-bond donors (Lipinski definition) is 2. The van der Waals surface area contributed by atoms with E-state index in [0.29, 0.717) is 34.9 Å². The van der Waals surface area contributed by atoms with Gasteiger partial charge in [-0.15, -0.1) is 0 Å². The second kappa shape index (κ2) is 12.7. The molecule has 0 spiro atoms. The number of hydrogen-bond acceptors (Lipinski definition) is 6. The maximum absolute atomic E-state index is 12.4. The number of ether oxygens (including phenoxy) is 2. The van der Waals surface area contributed by atoms with E-state index < -0.39 is 17.8 Å². The van der Waals surface area contributed by atoms with Gasteiger partial charge < -0.3 is 14.8 Å². The van der Waals surface area contributed by atoms with Crippen LogP contribution >= 0.6 is 0 Å². The van der Waals surface area contributed by atoms with Crippen LogP contribution in [0.25, 0.3) is 0 Å². The van der Waals surface area contributed by atoms with Gasteiger partial charge in [0.25, 0.3) is 0 Å². The molecule has 0 fully saturated rings. The molecule has 0 bridgehead atoms. The minimum absolute atomic E-state index is 0.358. The summed E-state index contributed by atoms with van der Waals surface area (Å²) in [6.45, 7) is 4.56. The first kappa shape index (κ1) is 25.2. The van der Waals surface area contributed by atoms with Crippen LogP contribution in [-0.2, 0) is 9.59 Å². The second-order valence-corrected chi connectivity index (χ2v) is 7.65. The van der Waals surface area contributed by atoms with Gasteiger partial charge in [-0.3, -0.25) is 9.59 Å². The summed E-state index contributed by atoms with van der Waals surface area (Å²) in [5.41, 5.74) is 4.62. The highest BCUT2D eigenvalue weighted by molar-refractivity contribution is 6.39. The molecule has 2 amide bonds. The molecule has 0 saturated heterocycles. The Morgan fingerprint density at radius 1 is 0.886 bits per heavy atom. The molecule has 0 radical (unpaired) electrons. The molecule has 0 unspecified atom stereocenters. The number of rotatable bonds is 9. The summed E-state index contributed by atoms with van der Waals surface area (Å²) in [5.74, 6) is -1.13. The molecule has 8 heteroatoms. The molecule has 3 aromatic rings. The highest BCUT2D eigenvalue weighted by Gasteiger charge is 2.13. The van der Waals surface area contributed by atoms with E-state index in [0.717, 1.165) is 18.4 Å². The molecule has 0 aliphatic carbocycles. The predicted octanol–water partition coefficient (Wildman–Crippen LogP) is 4.48. The Hall–Kier alpha value is -4.46. The first-order valence-corrected chi connectivity index (χ1v) is 11.2. The van der Waals surface area contributed by atoms with Gasteiger partial charge >= 0.3 is 17.8 Å². The Morgan fingerprint density at radius 2 is 1.57 bits per heavy atom. The third-order valence-electron chi connectivity index (χ3n) is 4.93. The van der Waals surface area contributed by atoms with Crippen molar-refractivity contribution in [3.05, 3.63) is 89.5 Å². The van der Waals surface area contributed by atoms with Crippen LogP contribution in [0.2, 0.25) is 0 Å². The number of hydrazone groups is 1. The van der Waals surface area contributed by atoms with Gasteiger partial charge in [-0.25, -0.2) is 10.2 Å². The van der Waals surface area contributed by atoms with Crippen LogP contribution in [0, 0.1) is 6.92 Å². The van der Waals surface area contributed by atoms with E-state index >= 15 is 0 Å². The highest BCUT2D eigenvalue weighted by Crippen LogP contribution is 2.17. The minimum Gasteiger partial charge on any atom is -0.494 e. The number of aryl methyl sites for hydroxylation is 1. The molecule has 0 aliphatic heterocycles. The van der Waals surface area contributed by atoms with E-state index in [4.69, 9.17) is 9.47 Å². The molecule has 2 N–H and O–H groups in total. The number of esters is 1. The summed E-state index contributed by atoms with van der Waals surface area (Å²) in [6, 6.07) is 20.5. The van der Waals surface area contributed by atoms with E-state index in [-0.39, 0.29) is 0 Å². The topological polar surface area (TPSA) is 106 Å². The number of unbranched alkanes of at least 4 members (excludes halogenated alkanes) is 1. The SMILES string of the molecule is CCCCOc1ccc(C(=O)Oc2ccc(/C=N/NC(=O)C(=O)Nc3ccccc3C)cc2)cc1. The molecular formula is C27H27N3O5. The van der Waals surface area contributed by atoms with E-state index in [1.54, 1.807) is 60.7 Å². The molecular weight excluding hydrogens is 446 g/mol. The maximum atomic E-state index is 12.4.